The van der Waals surface area contributed by atoms with Crippen molar-refractivity contribution in [2.45, 2.75) is 31.3 Å². The van der Waals surface area contributed by atoms with E-state index < -0.39 is 0 Å². The van der Waals surface area contributed by atoms with Gasteiger partial charge in [0.25, 0.3) is 11.5 Å². The van der Waals surface area contributed by atoms with Gasteiger partial charge >= 0.3 is 0 Å². The zero-order chi connectivity index (χ0) is 18.8. The van der Waals surface area contributed by atoms with Crippen LogP contribution in [0.15, 0.2) is 41.2 Å². The maximum absolute atomic E-state index is 12.5. The minimum atomic E-state index is -0.307. The average Bonchev–Trinajstić information content (AvgIpc) is 3.18. The van der Waals surface area contributed by atoms with Crippen LogP contribution < -0.4 is 16.4 Å². The fourth-order valence-corrected chi connectivity index (χ4v) is 4.25. The van der Waals surface area contributed by atoms with E-state index in [0.29, 0.717) is 25.0 Å². The zero-order valence-electron chi connectivity index (χ0n) is 14.8. The maximum Gasteiger partial charge on any atom is 0.274 e. The summed E-state index contributed by atoms with van der Waals surface area (Å²) in [5.41, 5.74) is 7.88. The average molecular weight is 388 g/mol. The van der Waals surface area contributed by atoms with Gasteiger partial charge in [0.1, 0.15) is 5.69 Å². The third kappa shape index (κ3) is 3.90. The van der Waals surface area contributed by atoms with Crippen LogP contribution in [0.4, 0.5) is 0 Å². The molecule has 0 bridgehead atoms. The molecular formula is C19H22ClN5O2. The van der Waals surface area contributed by atoms with Gasteiger partial charge in [0.15, 0.2) is 0 Å². The van der Waals surface area contributed by atoms with Crippen molar-refractivity contribution >= 4 is 17.5 Å². The first-order valence-corrected chi connectivity index (χ1v) is 9.60. The number of nitrogens with zero attached hydrogens (tertiary/aromatic N) is 2. The number of hydrogen-bond acceptors (Lipinski definition) is 5. The quantitative estimate of drug-likeness (QED) is 0.748. The number of benzene rings is 1. The topological polar surface area (TPSA) is 90.1 Å². The summed E-state index contributed by atoms with van der Waals surface area (Å²) in [6.07, 6.45) is 2.84. The molecule has 27 heavy (non-hydrogen) atoms. The Balaban J connectivity index is 1.33. The molecule has 1 aromatic carbocycles. The molecule has 2 atom stereocenters. The van der Waals surface area contributed by atoms with Crippen molar-refractivity contribution in [2.24, 2.45) is 5.92 Å². The number of carbonyl (C=O) groups excluding carboxylic acids is 1. The summed E-state index contributed by atoms with van der Waals surface area (Å²) in [5, 5.41) is 6.94. The fraction of sp³-hybridized carbons (Fsp3) is 0.421. The predicted octanol–water partition coefficient (Wildman–Crippen LogP) is 1.88. The second kappa shape index (κ2) is 7.80. The minimum absolute atomic E-state index is 0.129. The maximum atomic E-state index is 12.5. The first-order valence-electron chi connectivity index (χ1n) is 9.22. The van der Waals surface area contributed by atoms with Crippen molar-refractivity contribution in [3.8, 4) is 0 Å². The van der Waals surface area contributed by atoms with Crippen LogP contribution in [-0.4, -0.2) is 40.1 Å². The van der Waals surface area contributed by atoms with Crippen molar-refractivity contribution in [2.75, 3.05) is 13.1 Å². The molecule has 0 aliphatic carbocycles. The van der Waals surface area contributed by atoms with E-state index >= 15 is 0 Å². The van der Waals surface area contributed by atoms with Crippen molar-refractivity contribution in [3.05, 3.63) is 63.0 Å². The summed E-state index contributed by atoms with van der Waals surface area (Å²) in [6, 6.07) is 11.3. The van der Waals surface area contributed by atoms with Gasteiger partial charge < -0.3 is 4.90 Å². The number of nitrogens with one attached hydrogen (secondary N) is 3. The summed E-state index contributed by atoms with van der Waals surface area (Å²) < 4.78 is 0. The first-order chi connectivity index (χ1) is 13.1. The Labute approximate surface area is 162 Å². The van der Waals surface area contributed by atoms with E-state index in [1.54, 1.807) is 0 Å². The van der Waals surface area contributed by atoms with Crippen molar-refractivity contribution in [1.82, 2.24) is 25.9 Å². The lowest BCUT2D eigenvalue weighted by Crippen LogP contribution is -2.44. The van der Waals surface area contributed by atoms with Crippen molar-refractivity contribution in [1.29, 1.82) is 0 Å². The molecule has 0 radical (unpaired) electrons. The van der Waals surface area contributed by atoms with Gasteiger partial charge in [-0.25, -0.2) is 10.5 Å². The Hall–Kier alpha value is -2.22. The summed E-state index contributed by atoms with van der Waals surface area (Å²) in [7, 11) is 0. The van der Waals surface area contributed by atoms with Crippen molar-refractivity contribution in [3.63, 3.8) is 0 Å². The van der Waals surface area contributed by atoms with Gasteiger partial charge in [0.05, 0.1) is 0 Å². The number of hydrazine groups is 1. The SMILES string of the molecule is O=C(c1ccc(=O)[nH]n1)N1CCC(C2CC(c3ccccc3Cl)NN2)CC1. The molecule has 2 fully saturated rings. The molecule has 2 aliphatic heterocycles. The number of aromatic amines is 1. The van der Waals surface area contributed by atoms with Crippen LogP contribution in [0.3, 0.4) is 0 Å². The summed E-state index contributed by atoms with van der Waals surface area (Å²) in [5.74, 6) is 0.369. The molecular weight excluding hydrogens is 366 g/mol. The predicted molar refractivity (Wildman–Crippen MR) is 102 cm³/mol. The number of H-pyrrole nitrogens is 1. The molecule has 2 aliphatic rings. The highest BCUT2D eigenvalue weighted by atomic mass is 35.5. The molecule has 2 unspecified atom stereocenters. The van der Waals surface area contributed by atoms with Gasteiger partial charge in [-0.2, -0.15) is 5.10 Å². The van der Waals surface area contributed by atoms with Gasteiger partial charge in [-0.15, -0.1) is 0 Å². The first kappa shape index (κ1) is 18.2. The standard InChI is InChI=1S/C19H22ClN5O2/c20-14-4-2-1-3-13(14)17-11-16(22-23-17)12-7-9-25(10-8-12)19(27)15-5-6-18(26)24-21-15/h1-6,12,16-17,22-23H,7-11H2,(H,24,26). The molecule has 3 heterocycles. The van der Waals surface area contributed by atoms with E-state index in [1.807, 2.05) is 23.1 Å². The number of likely N-dealkylation sites (tertiary alicyclic amines) is 1. The minimum Gasteiger partial charge on any atom is -0.337 e. The number of carbonyl (C=O) groups is 1. The number of amides is 1. The third-order valence-electron chi connectivity index (χ3n) is 5.51. The Morgan fingerprint density at radius 1 is 1.11 bits per heavy atom. The zero-order valence-corrected chi connectivity index (χ0v) is 15.6. The molecule has 4 rings (SSSR count). The van der Waals surface area contributed by atoms with Crippen LogP contribution in [0.1, 0.15) is 41.4 Å². The lowest BCUT2D eigenvalue weighted by Gasteiger charge is -2.34. The second-order valence-corrected chi connectivity index (χ2v) is 7.55. The van der Waals surface area contributed by atoms with Gasteiger partial charge in [0, 0.05) is 36.3 Å². The second-order valence-electron chi connectivity index (χ2n) is 7.14. The van der Waals surface area contributed by atoms with Crippen LogP contribution in [0.5, 0.6) is 0 Å². The fourth-order valence-electron chi connectivity index (χ4n) is 3.98. The molecule has 2 aromatic rings. The highest BCUT2D eigenvalue weighted by Crippen LogP contribution is 2.33. The van der Waals surface area contributed by atoms with Crippen LogP contribution in [0.25, 0.3) is 0 Å². The number of piperidine rings is 1. The van der Waals surface area contributed by atoms with Gasteiger partial charge in [-0.05, 0) is 42.9 Å². The van der Waals surface area contributed by atoms with E-state index in [0.717, 1.165) is 29.8 Å². The van der Waals surface area contributed by atoms with Gasteiger partial charge in [-0.3, -0.25) is 15.0 Å². The highest BCUT2D eigenvalue weighted by Gasteiger charge is 2.34. The van der Waals surface area contributed by atoms with E-state index in [4.69, 9.17) is 11.6 Å². The smallest absolute Gasteiger partial charge is 0.274 e. The van der Waals surface area contributed by atoms with E-state index in [1.165, 1.54) is 12.1 Å². The summed E-state index contributed by atoms with van der Waals surface area (Å²) in [4.78, 5) is 25.4. The molecule has 0 spiro atoms. The number of halogens is 1. The Kier molecular flexibility index (Phi) is 5.24. The molecule has 3 N–H and O–H groups in total. The Bertz CT molecular complexity index is 858. The molecule has 142 valence electrons. The van der Waals surface area contributed by atoms with Gasteiger partial charge in [-0.1, -0.05) is 29.8 Å². The Morgan fingerprint density at radius 3 is 2.59 bits per heavy atom. The molecule has 7 nitrogen and oxygen atoms in total. The molecule has 1 aromatic heterocycles. The lowest BCUT2D eigenvalue weighted by atomic mass is 9.86. The summed E-state index contributed by atoms with van der Waals surface area (Å²) in [6.45, 7) is 1.39. The summed E-state index contributed by atoms with van der Waals surface area (Å²) >= 11 is 6.32. The highest BCUT2D eigenvalue weighted by molar-refractivity contribution is 6.31. The van der Waals surface area contributed by atoms with Gasteiger partial charge in [0.2, 0.25) is 0 Å². The van der Waals surface area contributed by atoms with Crippen molar-refractivity contribution < 1.29 is 4.79 Å². The number of hydrogen-bond donors (Lipinski definition) is 3. The normalized spacial score (nSPS) is 23.5. The van der Waals surface area contributed by atoms with E-state index in [9.17, 15) is 9.59 Å². The number of rotatable bonds is 3. The molecule has 2 saturated heterocycles. The lowest BCUT2D eigenvalue weighted by molar-refractivity contribution is 0.0666. The largest absolute Gasteiger partial charge is 0.337 e. The number of aromatic nitrogens is 2. The third-order valence-corrected chi connectivity index (χ3v) is 5.85. The van der Waals surface area contributed by atoms with Crippen LogP contribution in [0, 0.1) is 5.92 Å². The molecule has 1 amide bonds. The van der Waals surface area contributed by atoms with Crippen LogP contribution >= 0.6 is 11.6 Å². The van der Waals surface area contributed by atoms with Crippen LogP contribution in [-0.2, 0) is 0 Å². The van der Waals surface area contributed by atoms with E-state index in [-0.39, 0.29) is 23.2 Å². The molecule has 0 saturated carbocycles. The monoisotopic (exact) mass is 387 g/mol. The molecule has 8 heteroatoms. The van der Waals surface area contributed by atoms with E-state index in [2.05, 4.69) is 27.1 Å². The Morgan fingerprint density at radius 2 is 1.89 bits per heavy atom. The van der Waals surface area contributed by atoms with Crippen LogP contribution in [0.2, 0.25) is 5.02 Å².